The van der Waals surface area contributed by atoms with E-state index in [2.05, 4.69) is 15.7 Å². The van der Waals surface area contributed by atoms with Crippen molar-refractivity contribution in [2.75, 3.05) is 17.2 Å². The van der Waals surface area contributed by atoms with E-state index < -0.39 is 0 Å². The van der Waals surface area contributed by atoms with E-state index in [9.17, 15) is 9.59 Å². The van der Waals surface area contributed by atoms with Crippen LogP contribution in [0.3, 0.4) is 0 Å². The minimum absolute atomic E-state index is 0.232. The van der Waals surface area contributed by atoms with Gasteiger partial charge in [-0.1, -0.05) is 0 Å². The van der Waals surface area contributed by atoms with Gasteiger partial charge in [0.15, 0.2) is 0 Å². The summed E-state index contributed by atoms with van der Waals surface area (Å²) in [5.41, 5.74) is 4.56. The SMILES string of the molecule is CCOc1ccc(NC(=O)c2ccc(NC(=O)/C=C/c3c(C)nn(C)c3C)cc2)cc1. The van der Waals surface area contributed by atoms with Crippen LogP contribution in [0.5, 0.6) is 5.75 Å². The molecule has 31 heavy (non-hydrogen) atoms. The van der Waals surface area contributed by atoms with Crippen LogP contribution in [0.15, 0.2) is 54.6 Å². The third-order valence-electron chi connectivity index (χ3n) is 4.80. The molecule has 0 radical (unpaired) electrons. The summed E-state index contributed by atoms with van der Waals surface area (Å²) in [6.07, 6.45) is 3.23. The maximum Gasteiger partial charge on any atom is 0.255 e. The quantitative estimate of drug-likeness (QED) is 0.559. The number of aromatic nitrogens is 2. The number of hydrogen-bond donors (Lipinski definition) is 2. The Bertz CT molecular complexity index is 1100. The second kappa shape index (κ2) is 9.75. The summed E-state index contributed by atoms with van der Waals surface area (Å²) >= 11 is 0. The molecule has 0 aliphatic carbocycles. The van der Waals surface area contributed by atoms with Crippen LogP contribution in [-0.4, -0.2) is 28.2 Å². The van der Waals surface area contributed by atoms with Crippen LogP contribution in [0, 0.1) is 13.8 Å². The number of nitrogens with zero attached hydrogens (tertiary/aromatic N) is 2. The second-order valence-electron chi connectivity index (χ2n) is 7.02. The number of carbonyl (C=O) groups is 2. The van der Waals surface area contributed by atoms with Crippen LogP contribution in [0.4, 0.5) is 11.4 Å². The van der Waals surface area contributed by atoms with Crippen molar-refractivity contribution in [3.63, 3.8) is 0 Å². The molecule has 0 bridgehead atoms. The van der Waals surface area contributed by atoms with Crippen molar-refractivity contribution < 1.29 is 14.3 Å². The predicted octanol–water partition coefficient (Wildman–Crippen LogP) is 4.34. The molecule has 3 rings (SSSR count). The summed E-state index contributed by atoms with van der Waals surface area (Å²) < 4.78 is 7.18. The zero-order chi connectivity index (χ0) is 22.4. The van der Waals surface area contributed by atoms with Crippen LogP contribution in [-0.2, 0) is 11.8 Å². The van der Waals surface area contributed by atoms with Crippen molar-refractivity contribution in [2.24, 2.45) is 7.05 Å². The summed E-state index contributed by atoms with van der Waals surface area (Å²) in [5.74, 6) is 0.266. The van der Waals surface area contributed by atoms with E-state index in [1.54, 1.807) is 59.3 Å². The minimum Gasteiger partial charge on any atom is -0.494 e. The lowest BCUT2D eigenvalue weighted by Crippen LogP contribution is -2.12. The van der Waals surface area contributed by atoms with Crippen LogP contribution < -0.4 is 15.4 Å². The van der Waals surface area contributed by atoms with Gasteiger partial charge in [0.05, 0.1) is 12.3 Å². The van der Waals surface area contributed by atoms with E-state index in [1.165, 1.54) is 6.08 Å². The van der Waals surface area contributed by atoms with E-state index >= 15 is 0 Å². The van der Waals surface area contributed by atoms with Gasteiger partial charge in [-0.25, -0.2) is 0 Å². The van der Waals surface area contributed by atoms with Gasteiger partial charge in [-0.2, -0.15) is 5.10 Å². The first-order valence-electron chi connectivity index (χ1n) is 10.0. The van der Waals surface area contributed by atoms with Crippen molar-refractivity contribution in [1.82, 2.24) is 9.78 Å². The molecule has 0 unspecified atom stereocenters. The predicted molar refractivity (Wildman–Crippen MR) is 122 cm³/mol. The smallest absolute Gasteiger partial charge is 0.255 e. The monoisotopic (exact) mass is 418 g/mol. The Labute approximate surface area is 181 Å². The molecule has 1 heterocycles. The van der Waals surface area contributed by atoms with Crippen LogP contribution in [0.25, 0.3) is 6.08 Å². The number of benzene rings is 2. The summed E-state index contributed by atoms with van der Waals surface area (Å²) in [7, 11) is 1.87. The highest BCUT2D eigenvalue weighted by atomic mass is 16.5. The Morgan fingerprint density at radius 1 is 1.00 bits per heavy atom. The van der Waals surface area contributed by atoms with E-state index in [1.807, 2.05) is 27.8 Å². The van der Waals surface area contributed by atoms with Gasteiger partial charge in [-0.15, -0.1) is 0 Å². The van der Waals surface area contributed by atoms with E-state index in [0.717, 1.165) is 22.7 Å². The lowest BCUT2D eigenvalue weighted by atomic mass is 10.1. The van der Waals surface area contributed by atoms with Crippen molar-refractivity contribution in [3.8, 4) is 5.75 Å². The summed E-state index contributed by atoms with van der Waals surface area (Å²) in [6.45, 7) is 6.37. The fraction of sp³-hybridized carbons (Fsp3) is 0.208. The second-order valence-corrected chi connectivity index (χ2v) is 7.02. The van der Waals surface area contributed by atoms with Gasteiger partial charge in [0.25, 0.3) is 5.91 Å². The molecule has 2 N–H and O–H groups in total. The van der Waals surface area contributed by atoms with Gasteiger partial charge >= 0.3 is 0 Å². The van der Waals surface area contributed by atoms with Crippen LogP contribution in [0.1, 0.15) is 34.2 Å². The Hall–Kier alpha value is -3.87. The lowest BCUT2D eigenvalue weighted by molar-refractivity contribution is -0.111. The third kappa shape index (κ3) is 5.60. The van der Waals surface area contributed by atoms with Gasteiger partial charge in [-0.3, -0.25) is 14.3 Å². The molecule has 2 amide bonds. The van der Waals surface area contributed by atoms with Gasteiger partial charge in [-0.05, 0) is 75.4 Å². The average molecular weight is 418 g/mol. The molecular weight excluding hydrogens is 392 g/mol. The van der Waals surface area contributed by atoms with Crippen molar-refractivity contribution in [2.45, 2.75) is 20.8 Å². The third-order valence-corrected chi connectivity index (χ3v) is 4.80. The molecule has 3 aromatic rings. The number of aryl methyl sites for hydroxylation is 2. The zero-order valence-electron chi connectivity index (χ0n) is 18.1. The number of rotatable bonds is 7. The molecule has 0 saturated carbocycles. The molecule has 1 aromatic heterocycles. The van der Waals surface area contributed by atoms with Crippen molar-refractivity contribution in [1.29, 1.82) is 0 Å². The first-order valence-corrected chi connectivity index (χ1v) is 10.0. The van der Waals surface area contributed by atoms with Gasteiger partial charge in [0.2, 0.25) is 5.91 Å². The highest BCUT2D eigenvalue weighted by Gasteiger charge is 2.08. The number of hydrogen-bond acceptors (Lipinski definition) is 4. The standard InChI is InChI=1S/C24H26N4O3/c1-5-31-21-12-10-20(11-13-21)26-24(30)18-6-8-19(9-7-18)25-23(29)15-14-22-16(2)27-28(4)17(22)3/h6-15H,5H2,1-4H3,(H,25,29)(H,26,30)/b15-14+. The van der Waals surface area contributed by atoms with Crippen LogP contribution >= 0.6 is 0 Å². The fourth-order valence-corrected chi connectivity index (χ4v) is 3.08. The Morgan fingerprint density at radius 3 is 2.19 bits per heavy atom. The number of carbonyl (C=O) groups excluding carboxylic acids is 2. The topological polar surface area (TPSA) is 85.2 Å². The minimum atomic E-state index is -0.255. The molecule has 160 valence electrons. The van der Waals surface area contributed by atoms with Gasteiger partial charge < -0.3 is 15.4 Å². The number of ether oxygens (including phenoxy) is 1. The molecule has 0 fully saturated rings. The van der Waals surface area contributed by atoms with E-state index in [0.29, 0.717) is 23.5 Å². The average Bonchev–Trinajstić information content (AvgIpc) is 2.99. The Balaban J connectivity index is 1.58. The Kier molecular flexibility index (Phi) is 6.87. The fourth-order valence-electron chi connectivity index (χ4n) is 3.08. The van der Waals surface area contributed by atoms with Crippen molar-refractivity contribution >= 4 is 29.3 Å². The van der Waals surface area contributed by atoms with E-state index in [-0.39, 0.29) is 11.8 Å². The summed E-state index contributed by atoms with van der Waals surface area (Å²) in [4.78, 5) is 24.7. The normalized spacial score (nSPS) is 10.8. The van der Waals surface area contributed by atoms with Gasteiger partial charge in [0, 0.05) is 41.3 Å². The number of amides is 2. The molecule has 0 spiro atoms. The first-order chi connectivity index (χ1) is 14.9. The molecular formula is C24H26N4O3. The van der Waals surface area contributed by atoms with Gasteiger partial charge in [0.1, 0.15) is 5.75 Å². The van der Waals surface area contributed by atoms with Crippen molar-refractivity contribution in [3.05, 3.63) is 77.1 Å². The maximum atomic E-state index is 12.4. The molecule has 7 nitrogen and oxygen atoms in total. The molecule has 0 atom stereocenters. The molecule has 7 heteroatoms. The summed E-state index contributed by atoms with van der Waals surface area (Å²) in [5, 5.41) is 9.96. The summed E-state index contributed by atoms with van der Waals surface area (Å²) in [6, 6.07) is 13.9. The molecule has 2 aromatic carbocycles. The first kappa shape index (κ1) is 21.8. The van der Waals surface area contributed by atoms with Crippen LogP contribution in [0.2, 0.25) is 0 Å². The van der Waals surface area contributed by atoms with E-state index in [4.69, 9.17) is 4.74 Å². The highest BCUT2D eigenvalue weighted by molar-refractivity contribution is 6.05. The Morgan fingerprint density at radius 2 is 1.61 bits per heavy atom. The molecule has 0 aliphatic heterocycles. The highest BCUT2D eigenvalue weighted by Crippen LogP contribution is 2.18. The molecule has 0 aliphatic rings. The maximum absolute atomic E-state index is 12.4. The zero-order valence-corrected chi connectivity index (χ0v) is 18.1. The number of anilines is 2. The molecule has 0 saturated heterocycles. The largest absolute Gasteiger partial charge is 0.494 e. The lowest BCUT2D eigenvalue weighted by Gasteiger charge is -2.08. The number of nitrogens with one attached hydrogen (secondary N) is 2.